The molecule has 0 bridgehead atoms. The average Bonchev–Trinajstić information content (AvgIpc) is 2.56. The third-order valence-electron chi connectivity index (χ3n) is 3.21. The Morgan fingerprint density at radius 3 is 3.17 bits per heavy atom. The number of fused-ring (bicyclic) bond motifs is 1. The second-order valence-corrected chi connectivity index (χ2v) is 3.93. The molecular formula is C10H17NO. The summed E-state index contributed by atoms with van der Waals surface area (Å²) in [6.07, 6.45) is 6.34. The fourth-order valence-corrected chi connectivity index (χ4v) is 2.67. The number of rotatable bonds is 2. The highest BCUT2D eigenvalue weighted by atomic mass is 16.3. The van der Waals surface area contributed by atoms with E-state index in [9.17, 15) is 5.11 Å². The molecule has 0 radical (unpaired) electrons. The van der Waals surface area contributed by atoms with Crippen LogP contribution in [0.2, 0.25) is 0 Å². The second-order valence-electron chi connectivity index (χ2n) is 3.93. The zero-order valence-electron chi connectivity index (χ0n) is 7.45. The van der Waals surface area contributed by atoms with Gasteiger partial charge in [-0.05, 0) is 32.2 Å². The van der Waals surface area contributed by atoms with Gasteiger partial charge in [0.1, 0.15) is 0 Å². The lowest BCUT2D eigenvalue weighted by atomic mass is 10.1. The minimum atomic E-state index is -0.103. The molecule has 0 unspecified atom stereocenters. The summed E-state index contributed by atoms with van der Waals surface area (Å²) in [5.74, 6) is 0. The van der Waals surface area contributed by atoms with Gasteiger partial charge in [-0.3, -0.25) is 4.90 Å². The van der Waals surface area contributed by atoms with Gasteiger partial charge in [-0.2, -0.15) is 0 Å². The summed E-state index contributed by atoms with van der Waals surface area (Å²) >= 11 is 0. The first-order valence-corrected chi connectivity index (χ1v) is 4.87. The van der Waals surface area contributed by atoms with Crippen LogP contribution >= 0.6 is 0 Å². The monoisotopic (exact) mass is 167 g/mol. The Labute approximate surface area is 73.9 Å². The maximum atomic E-state index is 9.74. The Kier molecular flexibility index (Phi) is 2.20. The highest BCUT2D eigenvalue weighted by Crippen LogP contribution is 2.34. The van der Waals surface area contributed by atoms with E-state index in [1.807, 2.05) is 6.08 Å². The molecule has 68 valence electrons. The number of hydrogen-bond donors (Lipinski definition) is 1. The van der Waals surface area contributed by atoms with Crippen LogP contribution in [-0.2, 0) is 0 Å². The minimum absolute atomic E-state index is 0.103. The third kappa shape index (κ3) is 1.19. The van der Waals surface area contributed by atoms with Gasteiger partial charge >= 0.3 is 0 Å². The van der Waals surface area contributed by atoms with Crippen molar-refractivity contribution >= 4 is 0 Å². The van der Waals surface area contributed by atoms with Gasteiger partial charge in [-0.1, -0.05) is 6.08 Å². The summed E-state index contributed by atoms with van der Waals surface area (Å²) in [7, 11) is 0. The van der Waals surface area contributed by atoms with Crippen LogP contribution in [0.25, 0.3) is 0 Å². The van der Waals surface area contributed by atoms with Crippen molar-refractivity contribution in [2.45, 2.75) is 43.9 Å². The smallest absolute Gasteiger partial charge is 0.0713 e. The highest BCUT2D eigenvalue weighted by molar-refractivity contribution is 4.99. The van der Waals surface area contributed by atoms with E-state index in [4.69, 9.17) is 0 Å². The van der Waals surface area contributed by atoms with Gasteiger partial charge in [0.15, 0.2) is 0 Å². The van der Waals surface area contributed by atoms with Crippen molar-refractivity contribution in [3.05, 3.63) is 12.7 Å². The summed E-state index contributed by atoms with van der Waals surface area (Å²) in [5.41, 5.74) is 0. The summed E-state index contributed by atoms with van der Waals surface area (Å²) in [4.78, 5) is 2.46. The third-order valence-corrected chi connectivity index (χ3v) is 3.21. The predicted molar refractivity (Wildman–Crippen MR) is 49.0 cm³/mol. The van der Waals surface area contributed by atoms with Gasteiger partial charge in [0.2, 0.25) is 0 Å². The first-order valence-electron chi connectivity index (χ1n) is 4.87. The van der Waals surface area contributed by atoms with E-state index in [2.05, 4.69) is 11.5 Å². The Bertz CT molecular complexity index is 181. The molecule has 0 aliphatic carbocycles. The Morgan fingerprint density at radius 1 is 1.58 bits per heavy atom. The Hall–Kier alpha value is -0.340. The normalized spacial score (nSPS) is 41.6. The van der Waals surface area contributed by atoms with E-state index < -0.39 is 0 Å². The van der Waals surface area contributed by atoms with E-state index >= 15 is 0 Å². The molecule has 0 aromatic carbocycles. The predicted octanol–water partition coefficient (Wildman–Crippen LogP) is 1.16. The molecule has 1 N–H and O–H groups in total. The molecule has 2 heterocycles. The summed E-state index contributed by atoms with van der Waals surface area (Å²) in [5, 5.41) is 9.74. The zero-order chi connectivity index (χ0) is 8.55. The van der Waals surface area contributed by atoms with E-state index in [-0.39, 0.29) is 6.10 Å². The van der Waals surface area contributed by atoms with Gasteiger partial charge in [0.25, 0.3) is 0 Å². The van der Waals surface area contributed by atoms with Gasteiger partial charge < -0.3 is 5.11 Å². The molecule has 0 amide bonds. The van der Waals surface area contributed by atoms with E-state index in [0.717, 1.165) is 12.8 Å². The lowest BCUT2D eigenvalue weighted by Gasteiger charge is -2.23. The standard InChI is InChI=1S/C10H17NO/c1-2-4-9-10(12)7-8-5-3-6-11(8)9/h2,8-10,12H,1,3-7H2/t8-,9-,10+/m1/s1. The van der Waals surface area contributed by atoms with Crippen molar-refractivity contribution in [2.75, 3.05) is 6.54 Å². The largest absolute Gasteiger partial charge is 0.391 e. The highest BCUT2D eigenvalue weighted by Gasteiger charge is 2.41. The van der Waals surface area contributed by atoms with Gasteiger partial charge in [-0.25, -0.2) is 0 Å². The molecule has 2 rings (SSSR count). The molecule has 0 aromatic rings. The molecule has 3 atom stereocenters. The molecular weight excluding hydrogens is 150 g/mol. The number of hydrogen-bond acceptors (Lipinski definition) is 2. The minimum Gasteiger partial charge on any atom is -0.391 e. The van der Waals surface area contributed by atoms with Crippen LogP contribution in [0, 0.1) is 0 Å². The summed E-state index contributed by atoms with van der Waals surface area (Å²) < 4.78 is 0. The molecule has 0 saturated carbocycles. The van der Waals surface area contributed by atoms with Crippen LogP contribution in [0.5, 0.6) is 0 Å². The molecule has 12 heavy (non-hydrogen) atoms. The van der Waals surface area contributed by atoms with Gasteiger partial charge in [-0.15, -0.1) is 6.58 Å². The van der Waals surface area contributed by atoms with Gasteiger partial charge in [0.05, 0.1) is 6.10 Å². The molecule has 0 spiro atoms. The number of nitrogens with zero attached hydrogens (tertiary/aromatic N) is 1. The molecule has 2 aliphatic heterocycles. The average molecular weight is 167 g/mol. The van der Waals surface area contributed by atoms with Crippen molar-refractivity contribution in [1.29, 1.82) is 0 Å². The van der Waals surface area contributed by atoms with Crippen LogP contribution in [0.3, 0.4) is 0 Å². The maximum absolute atomic E-state index is 9.74. The lowest BCUT2D eigenvalue weighted by molar-refractivity contribution is 0.119. The van der Waals surface area contributed by atoms with Crippen LogP contribution < -0.4 is 0 Å². The topological polar surface area (TPSA) is 23.5 Å². The molecule has 2 heteroatoms. The van der Waals surface area contributed by atoms with Crippen molar-refractivity contribution in [3.63, 3.8) is 0 Å². The summed E-state index contributed by atoms with van der Waals surface area (Å²) in [6.45, 7) is 4.92. The number of aliphatic hydroxyl groups excluding tert-OH is 1. The quantitative estimate of drug-likeness (QED) is 0.624. The molecule has 2 aliphatic rings. The van der Waals surface area contributed by atoms with E-state index in [0.29, 0.717) is 12.1 Å². The van der Waals surface area contributed by atoms with Crippen LogP contribution in [-0.4, -0.2) is 34.7 Å². The Balaban J connectivity index is 2.05. The van der Waals surface area contributed by atoms with Crippen molar-refractivity contribution < 1.29 is 5.11 Å². The molecule has 2 nitrogen and oxygen atoms in total. The van der Waals surface area contributed by atoms with Crippen LogP contribution in [0.4, 0.5) is 0 Å². The molecule has 2 saturated heterocycles. The van der Waals surface area contributed by atoms with E-state index in [1.165, 1.54) is 19.4 Å². The van der Waals surface area contributed by atoms with Crippen LogP contribution in [0.15, 0.2) is 12.7 Å². The zero-order valence-corrected chi connectivity index (χ0v) is 7.45. The van der Waals surface area contributed by atoms with Crippen molar-refractivity contribution in [3.8, 4) is 0 Å². The Morgan fingerprint density at radius 2 is 2.42 bits per heavy atom. The lowest BCUT2D eigenvalue weighted by Crippen LogP contribution is -2.35. The van der Waals surface area contributed by atoms with Crippen LogP contribution in [0.1, 0.15) is 25.7 Å². The fourth-order valence-electron chi connectivity index (χ4n) is 2.67. The molecule has 2 fully saturated rings. The summed E-state index contributed by atoms with van der Waals surface area (Å²) in [6, 6.07) is 1.04. The SMILES string of the molecule is C=CC[C@@H]1[C@@H](O)C[C@H]2CCCN21. The first kappa shape index (κ1) is 8.27. The molecule has 0 aromatic heterocycles. The second kappa shape index (κ2) is 3.19. The van der Waals surface area contributed by atoms with Crippen molar-refractivity contribution in [2.24, 2.45) is 0 Å². The number of aliphatic hydroxyl groups is 1. The van der Waals surface area contributed by atoms with Gasteiger partial charge in [0, 0.05) is 12.1 Å². The fraction of sp³-hybridized carbons (Fsp3) is 0.800. The van der Waals surface area contributed by atoms with E-state index in [1.54, 1.807) is 0 Å². The maximum Gasteiger partial charge on any atom is 0.0713 e. The van der Waals surface area contributed by atoms with Crippen molar-refractivity contribution in [1.82, 2.24) is 4.90 Å². The first-order chi connectivity index (χ1) is 5.83.